The van der Waals surface area contributed by atoms with Crippen molar-refractivity contribution in [3.63, 3.8) is 0 Å². The van der Waals surface area contributed by atoms with Crippen LogP contribution in [0.15, 0.2) is 24.3 Å². The van der Waals surface area contributed by atoms with Crippen molar-refractivity contribution in [2.45, 2.75) is 25.8 Å². The van der Waals surface area contributed by atoms with E-state index >= 15 is 0 Å². The van der Waals surface area contributed by atoms with Crippen molar-refractivity contribution in [1.82, 2.24) is 10.2 Å². The Balaban J connectivity index is 1.99. The predicted molar refractivity (Wildman–Crippen MR) is 81.7 cm³/mol. The quantitative estimate of drug-likeness (QED) is 0.773. The van der Waals surface area contributed by atoms with E-state index in [0.717, 1.165) is 6.42 Å². The molecule has 1 aromatic rings. The number of phenolic OH excluding ortho intramolecular Hbond substituents is 1. The zero-order valence-corrected chi connectivity index (χ0v) is 12.7. The van der Waals surface area contributed by atoms with Gasteiger partial charge in [0.05, 0.1) is 12.2 Å². The molecule has 2 N–H and O–H groups in total. The van der Waals surface area contributed by atoms with Crippen LogP contribution in [0.25, 0.3) is 0 Å². The zero-order chi connectivity index (χ0) is 15.9. The largest absolute Gasteiger partial charge is 0.507 e. The number of hydrogen-bond donors (Lipinski definition) is 2. The minimum Gasteiger partial charge on any atom is -0.507 e. The van der Waals surface area contributed by atoms with E-state index in [1.807, 2.05) is 6.92 Å². The van der Waals surface area contributed by atoms with E-state index in [1.54, 1.807) is 18.2 Å². The van der Waals surface area contributed by atoms with Gasteiger partial charge in [-0.2, -0.15) is 0 Å². The second-order valence-corrected chi connectivity index (χ2v) is 5.16. The van der Waals surface area contributed by atoms with Crippen LogP contribution in [0.5, 0.6) is 5.75 Å². The third-order valence-corrected chi connectivity index (χ3v) is 3.70. The Labute approximate surface area is 130 Å². The number of rotatable bonds is 6. The first-order valence-electron chi connectivity index (χ1n) is 7.59. The van der Waals surface area contributed by atoms with Crippen molar-refractivity contribution in [1.29, 1.82) is 0 Å². The van der Waals surface area contributed by atoms with E-state index in [2.05, 4.69) is 5.32 Å². The van der Waals surface area contributed by atoms with Crippen LogP contribution in [-0.4, -0.2) is 54.2 Å². The van der Waals surface area contributed by atoms with Gasteiger partial charge in [-0.3, -0.25) is 9.59 Å². The topological polar surface area (TPSA) is 78.9 Å². The molecule has 6 heteroatoms. The van der Waals surface area contributed by atoms with E-state index in [0.29, 0.717) is 32.7 Å². The third kappa shape index (κ3) is 3.76. The molecule has 1 aromatic carbocycles. The first-order valence-corrected chi connectivity index (χ1v) is 7.59. The Morgan fingerprint density at radius 3 is 2.91 bits per heavy atom. The van der Waals surface area contributed by atoms with Crippen LogP contribution in [0.3, 0.4) is 0 Å². The monoisotopic (exact) mass is 306 g/mol. The molecule has 22 heavy (non-hydrogen) atoms. The maximum absolute atomic E-state index is 12.5. The highest BCUT2D eigenvalue weighted by Gasteiger charge is 2.35. The van der Waals surface area contributed by atoms with Gasteiger partial charge in [0.15, 0.2) is 0 Å². The van der Waals surface area contributed by atoms with Crippen molar-refractivity contribution >= 4 is 11.8 Å². The summed E-state index contributed by atoms with van der Waals surface area (Å²) >= 11 is 0. The van der Waals surface area contributed by atoms with Gasteiger partial charge in [-0.15, -0.1) is 0 Å². The fraction of sp³-hybridized carbons (Fsp3) is 0.500. The lowest BCUT2D eigenvalue weighted by Crippen LogP contribution is -2.46. The Morgan fingerprint density at radius 1 is 1.41 bits per heavy atom. The number of hydrogen-bond acceptors (Lipinski definition) is 4. The van der Waals surface area contributed by atoms with Gasteiger partial charge in [-0.25, -0.2) is 0 Å². The van der Waals surface area contributed by atoms with Gasteiger partial charge in [-0.05, 0) is 31.9 Å². The molecule has 6 nitrogen and oxygen atoms in total. The summed E-state index contributed by atoms with van der Waals surface area (Å²) in [5, 5.41) is 12.6. The molecule has 120 valence electrons. The fourth-order valence-corrected chi connectivity index (χ4v) is 2.60. The maximum Gasteiger partial charge on any atom is 0.258 e. The molecule has 1 unspecified atom stereocenters. The summed E-state index contributed by atoms with van der Waals surface area (Å²) in [5.41, 5.74) is 0.233. The summed E-state index contributed by atoms with van der Waals surface area (Å²) in [4.78, 5) is 26.3. The second kappa shape index (κ2) is 7.79. The molecule has 0 saturated carbocycles. The van der Waals surface area contributed by atoms with Gasteiger partial charge in [0.25, 0.3) is 5.91 Å². The number of likely N-dealkylation sites (tertiary alicyclic amines) is 1. The zero-order valence-electron chi connectivity index (χ0n) is 12.7. The average molecular weight is 306 g/mol. The number of amides is 2. The number of para-hydroxylation sites is 1. The molecule has 1 aliphatic rings. The van der Waals surface area contributed by atoms with Crippen molar-refractivity contribution < 1.29 is 19.4 Å². The summed E-state index contributed by atoms with van der Waals surface area (Å²) in [6.45, 7) is 3.92. The number of aromatic hydroxyl groups is 1. The second-order valence-electron chi connectivity index (χ2n) is 5.16. The van der Waals surface area contributed by atoms with Gasteiger partial charge in [0.2, 0.25) is 5.91 Å². The molecular formula is C16H22N2O4. The number of nitrogens with zero attached hydrogens (tertiary/aromatic N) is 1. The average Bonchev–Trinajstić information content (AvgIpc) is 3.01. The first kappa shape index (κ1) is 16.3. The summed E-state index contributed by atoms with van der Waals surface area (Å²) in [6, 6.07) is 5.92. The van der Waals surface area contributed by atoms with E-state index in [4.69, 9.17) is 4.74 Å². The van der Waals surface area contributed by atoms with Crippen LogP contribution in [-0.2, 0) is 9.53 Å². The van der Waals surface area contributed by atoms with E-state index < -0.39 is 6.04 Å². The highest BCUT2D eigenvalue weighted by Crippen LogP contribution is 2.24. The number of carbonyl (C=O) groups excluding carboxylic acids is 2. The Bertz CT molecular complexity index is 533. The minimum absolute atomic E-state index is 0.0603. The molecule has 0 radical (unpaired) electrons. The Morgan fingerprint density at radius 2 is 2.18 bits per heavy atom. The van der Waals surface area contributed by atoms with Crippen LogP contribution >= 0.6 is 0 Å². The van der Waals surface area contributed by atoms with Crippen LogP contribution in [0.1, 0.15) is 30.1 Å². The smallest absolute Gasteiger partial charge is 0.258 e. The van der Waals surface area contributed by atoms with Crippen LogP contribution in [0.2, 0.25) is 0 Å². The fourth-order valence-electron chi connectivity index (χ4n) is 2.60. The molecular weight excluding hydrogens is 284 g/mol. The van der Waals surface area contributed by atoms with Crippen molar-refractivity contribution in [3.05, 3.63) is 29.8 Å². The van der Waals surface area contributed by atoms with Crippen LogP contribution in [0.4, 0.5) is 0 Å². The van der Waals surface area contributed by atoms with Gasteiger partial charge < -0.3 is 20.1 Å². The van der Waals surface area contributed by atoms with Gasteiger partial charge in [-0.1, -0.05) is 12.1 Å². The number of carbonyl (C=O) groups is 2. The van der Waals surface area contributed by atoms with Crippen LogP contribution in [0, 0.1) is 0 Å². The predicted octanol–water partition coefficient (Wildman–Crippen LogP) is 1.15. The molecule has 2 rings (SSSR count). The summed E-state index contributed by atoms with van der Waals surface area (Å²) in [5.74, 6) is -0.531. The van der Waals surface area contributed by atoms with Crippen molar-refractivity contribution in [2.75, 3.05) is 26.3 Å². The summed E-state index contributed by atoms with van der Waals surface area (Å²) < 4.78 is 5.18. The SMILES string of the molecule is CCOCCNC(=O)C1CCCN1C(=O)c1ccccc1O. The molecule has 1 aliphatic heterocycles. The molecule has 1 atom stereocenters. The van der Waals surface area contributed by atoms with Crippen molar-refractivity contribution in [3.8, 4) is 5.75 Å². The van der Waals surface area contributed by atoms with Crippen LogP contribution < -0.4 is 5.32 Å². The molecule has 0 aliphatic carbocycles. The highest BCUT2D eigenvalue weighted by atomic mass is 16.5. The third-order valence-electron chi connectivity index (χ3n) is 3.70. The standard InChI is InChI=1S/C16H22N2O4/c1-2-22-11-9-17-15(20)13-7-5-10-18(13)16(21)12-6-3-4-8-14(12)19/h3-4,6,8,13,19H,2,5,7,9-11H2,1H3,(H,17,20). The lowest BCUT2D eigenvalue weighted by Gasteiger charge is -2.24. The molecule has 1 fully saturated rings. The van der Waals surface area contributed by atoms with E-state index in [-0.39, 0.29) is 23.1 Å². The number of benzene rings is 1. The number of phenols is 1. The van der Waals surface area contributed by atoms with Crippen molar-refractivity contribution in [2.24, 2.45) is 0 Å². The van der Waals surface area contributed by atoms with E-state index in [1.165, 1.54) is 11.0 Å². The normalized spacial score (nSPS) is 17.5. The number of nitrogens with one attached hydrogen (secondary N) is 1. The molecule has 1 saturated heterocycles. The minimum atomic E-state index is -0.478. The lowest BCUT2D eigenvalue weighted by molar-refractivity contribution is -0.125. The first-order chi connectivity index (χ1) is 10.6. The van der Waals surface area contributed by atoms with Gasteiger partial charge in [0, 0.05) is 19.7 Å². The summed E-state index contributed by atoms with van der Waals surface area (Å²) in [6.07, 6.45) is 1.42. The maximum atomic E-state index is 12.5. The van der Waals surface area contributed by atoms with Gasteiger partial charge >= 0.3 is 0 Å². The molecule has 2 amide bonds. The Kier molecular flexibility index (Phi) is 5.77. The van der Waals surface area contributed by atoms with E-state index in [9.17, 15) is 14.7 Å². The molecule has 0 bridgehead atoms. The highest BCUT2D eigenvalue weighted by molar-refractivity contribution is 5.99. The Hall–Kier alpha value is -2.08. The van der Waals surface area contributed by atoms with Gasteiger partial charge in [0.1, 0.15) is 11.8 Å². The molecule has 1 heterocycles. The molecule has 0 aromatic heterocycles. The summed E-state index contributed by atoms with van der Waals surface area (Å²) in [7, 11) is 0. The molecule has 0 spiro atoms. The lowest BCUT2D eigenvalue weighted by atomic mass is 10.1. The number of ether oxygens (including phenoxy) is 1.